The molecule has 0 spiro atoms. The third-order valence-electron chi connectivity index (χ3n) is 2.23. The van der Waals surface area contributed by atoms with Crippen molar-refractivity contribution in [2.24, 2.45) is 0 Å². The van der Waals surface area contributed by atoms with Gasteiger partial charge in [0.25, 0.3) is 0 Å². The van der Waals surface area contributed by atoms with Gasteiger partial charge in [0.15, 0.2) is 12.8 Å². The van der Waals surface area contributed by atoms with Gasteiger partial charge in [0.05, 0.1) is 0 Å². The van der Waals surface area contributed by atoms with E-state index >= 15 is 0 Å². The molecule has 2 bridgehead atoms. The molecule has 0 radical (unpaired) electrons. The zero-order chi connectivity index (χ0) is 7.52. The first kappa shape index (κ1) is 7.25. The molecule has 0 aliphatic carbocycles. The fraction of sp³-hybridized carbons (Fsp3) is 0.875. The van der Waals surface area contributed by atoms with Gasteiger partial charge in [0.1, 0.15) is 12.2 Å². The van der Waals surface area contributed by atoms with Crippen LogP contribution in [-0.4, -0.2) is 38.1 Å². The molecule has 0 aromatic rings. The minimum Gasteiger partial charge on any atom is -0.357 e. The van der Waals surface area contributed by atoms with Crippen LogP contribution in [0, 0.1) is 0 Å². The van der Waals surface area contributed by atoms with Gasteiger partial charge in [0.2, 0.25) is 0 Å². The van der Waals surface area contributed by atoms with Crippen molar-refractivity contribution in [2.45, 2.75) is 25.0 Å². The molecule has 2 rings (SSSR count). The second-order valence-corrected chi connectivity index (χ2v) is 3.22. The summed E-state index contributed by atoms with van der Waals surface area (Å²) < 4.78 is 5.75. The highest BCUT2D eigenvalue weighted by atomic mass is 16.5. The van der Waals surface area contributed by atoms with E-state index in [1.54, 1.807) is 0 Å². The molecule has 11 heavy (non-hydrogen) atoms. The van der Waals surface area contributed by atoms with Gasteiger partial charge in [-0.2, -0.15) is 0 Å². The topological polar surface area (TPSA) is 35.2 Å². The zero-order valence-electron chi connectivity index (χ0n) is 6.68. The van der Waals surface area contributed by atoms with Crippen molar-refractivity contribution in [3.8, 4) is 0 Å². The summed E-state index contributed by atoms with van der Waals surface area (Å²) in [6.45, 7) is 3.10. The highest BCUT2D eigenvalue weighted by Crippen LogP contribution is 2.06. The minimum absolute atomic E-state index is 0.357. The van der Waals surface area contributed by atoms with E-state index in [0.717, 1.165) is 26.1 Å². The number of hydrogen-bond acceptors (Lipinski definition) is 2. The first-order valence-corrected chi connectivity index (χ1v) is 4.38. The second kappa shape index (κ2) is 3.32. The quantitative estimate of drug-likeness (QED) is 0.437. The fourth-order valence-corrected chi connectivity index (χ4v) is 1.63. The van der Waals surface area contributed by atoms with Crippen LogP contribution in [0.4, 0.5) is 0 Å². The molecule has 3 heteroatoms. The Kier molecular flexibility index (Phi) is 2.19. The number of fused-ring (bicyclic) bond motifs is 2. The van der Waals surface area contributed by atoms with Gasteiger partial charge < -0.3 is 10.1 Å². The number of nitrogens with one attached hydrogen (secondary N) is 2. The lowest BCUT2D eigenvalue weighted by Gasteiger charge is -2.24. The van der Waals surface area contributed by atoms with E-state index in [1.807, 2.05) is 0 Å². The smallest absolute Gasteiger partial charge is 0.167 e. The average Bonchev–Trinajstić information content (AvgIpc) is 2.02. The largest absolute Gasteiger partial charge is 0.357 e. The van der Waals surface area contributed by atoms with E-state index in [2.05, 4.69) is 16.5 Å². The molecule has 0 aromatic heterocycles. The summed E-state index contributed by atoms with van der Waals surface area (Å²) in [7, 11) is 0. The highest BCUT2D eigenvalue weighted by molar-refractivity contribution is 5.56. The normalized spacial score (nSPS) is 37.8. The molecular formula is C8H15N2O+. The molecule has 2 N–H and O–H groups in total. The standard InChI is InChI=1S/C8H14N2O/c1-2-7-4-10-6-8(11-7)5-9-3-1/h4,7-9H,1-3,5-6H2/p+1/t7-,8+/m0/s1. The van der Waals surface area contributed by atoms with Crippen LogP contribution in [0.15, 0.2) is 0 Å². The third-order valence-corrected chi connectivity index (χ3v) is 2.23. The Labute approximate surface area is 66.8 Å². The molecule has 0 unspecified atom stereocenters. The van der Waals surface area contributed by atoms with Gasteiger partial charge in [-0.05, 0) is 19.4 Å². The number of ether oxygens (including phenoxy) is 1. The molecule has 0 aromatic carbocycles. The summed E-state index contributed by atoms with van der Waals surface area (Å²) in [5.41, 5.74) is 0. The van der Waals surface area contributed by atoms with E-state index in [9.17, 15) is 0 Å². The van der Waals surface area contributed by atoms with Crippen LogP contribution >= 0.6 is 0 Å². The summed E-state index contributed by atoms with van der Waals surface area (Å²) in [5.74, 6) is 0. The summed E-state index contributed by atoms with van der Waals surface area (Å²) in [6, 6.07) is 0. The van der Waals surface area contributed by atoms with Gasteiger partial charge in [-0.25, -0.2) is 4.99 Å². The molecule has 2 aliphatic rings. The lowest BCUT2D eigenvalue weighted by molar-refractivity contribution is -0.481. The first-order chi connectivity index (χ1) is 5.45. The van der Waals surface area contributed by atoms with Crippen molar-refractivity contribution >= 4 is 6.21 Å². The predicted octanol–water partition coefficient (Wildman–Crippen LogP) is -1.71. The van der Waals surface area contributed by atoms with Crippen LogP contribution in [0.1, 0.15) is 12.8 Å². The summed E-state index contributed by atoms with van der Waals surface area (Å²) in [5, 5.41) is 3.36. The Balaban J connectivity index is 1.99. The van der Waals surface area contributed by atoms with Gasteiger partial charge in [-0.15, -0.1) is 0 Å². The summed E-state index contributed by atoms with van der Waals surface area (Å²) in [4.78, 5) is 3.26. The number of hydrogen-bond donors (Lipinski definition) is 2. The second-order valence-electron chi connectivity index (χ2n) is 3.22. The predicted molar refractivity (Wildman–Crippen MR) is 42.7 cm³/mol. The van der Waals surface area contributed by atoms with Crippen LogP contribution in [0.2, 0.25) is 0 Å². The van der Waals surface area contributed by atoms with Crippen LogP contribution in [0.3, 0.4) is 0 Å². The van der Waals surface area contributed by atoms with E-state index in [0.29, 0.717) is 12.2 Å². The summed E-state index contributed by atoms with van der Waals surface area (Å²) >= 11 is 0. The van der Waals surface area contributed by atoms with E-state index in [1.165, 1.54) is 6.42 Å². The Hall–Kier alpha value is -0.410. The fourth-order valence-electron chi connectivity index (χ4n) is 1.63. The Morgan fingerprint density at radius 2 is 2.55 bits per heavy atom. The SMILES string of the molecule is C1=[NH+]C[C@H]2CNCCC[C@@H]1O2. The summed E-state index contributed by atoms with van der Waals surface area (Å²) in [6.07, 6.45) is 5.19. The monoisotopic (exact) mass is 155 g/mol. The molecule has 0 amide bonds. The molecule has 2 atom stereocenters. The molecule has 62 valence electrons. The Bertz CT molecular complexity index is 158. The van der Waals surface area contributed by atoms with Crippen molar-refractivity contribution in [1.29, 1.82) is 0 Å². The van der Waals surface area contributed by atoms with Gasteiger partial charge in [-0.3, -0.25) is 0 Å². The van der Waals surface area contributed by atoms with Crippen LogP contribution in [-0.2, 0) is 4.74 Å². The van der Waals surface area contributed by atoms with Crippen molar-refractivity contribution in [3.63, 3.8) is 0 Å². The first-order valence-electron chi connectivity index (χ1n) is 4.38. The van der Waals surface area contributed by atoms with Gasteiger partial charge >= 0.3 is 0 Å². The number of rotatable bonds is 0. The van der Waals surface area contributed by atoms with Crippen LogP contribution in [0.5, 0.6) is 0 Å². The highest BCUT2D eigenvalue weighted by Gasteiger charge is 2.24. The van der Waals surface area contributed by atoms with Gasteiger partial charge in [-0.1, -0.05) is 0 Å². The maximum atomic E-state index is 5.75. The molecule has 3 nitrogen and oxygen atoms in total. The Morgan fingerprint density at radius 3 is 3.55 bits per heavy atom. The van der Waals surface area contributed by atoms with Crippen molar-refractivity contribution in [2.75, 3.05) is 19.6 Å². The van der Waals surface area contributed by atoms with Crippen molar-refractivity contribution < 1.29 is 9.73 Å². The molecule has 2 heterocycles. The van der Waals surface area contributed by atoms with Crippen molar-refractivity contribution in [3.05, 3.63) is 0 Å². The minimum atomic E-state index is 0.357. The molecule has 0 saturated carbocycles. The lowest BCUT2D eigenvalue weighted by atomic mass is 10.1. The van der Waals surface area contributed by atoms with Crippen LogP contribution < -0.4 is 10.3 Å². The average molecular weight is 155 g/mol. The Morgan fingerprint density at radius 1 is 1.55 bits per heavy atom. The maximum absolute atomic E-state index is 5.75. The van der Waals surface area contributed by atoms with Crippen LogP contribution in [0.25, 0.3) is 0 Å². The van der Waals surface area contributed by atoms with Gasteiger partial charge in [0, 0.05) is 6.54 Å². The van der Waals surface area contributed by atoms with E-state index in [-0.39, 0.29) is 0 Å². The molecule has 1 fully saturated rings. The van der Waals surface area contributed by atoms with E-state index < -0.39 is 0 Å². The molecule has 2 aliphatic heterocycles. The zero-order valence-corrected chi connectivity index (χ0v) is 6.68. The third kappa shape index (κ3) is 1.79. The lowest BCUT2D eigenvalue weighted by Crippen LogP contribution is -2.78. The maximum Gasteiger partial charge on any atom is 0.167 e. The van der Waals surface area contributed by atoms with E-state index in [4.69, 9.17) is 4.74 Å². The molecule has 1 saturated heterocycles. The molecular weight excluding hydrogens is 140 g/mol. The van der Waals surface area contributed by atoms with Crippen molar-refractivity contribution in [1.82, 2.24) is 5.32 Å².